The largest absolute Gasteiger partial charge is 0.256 e. The molecule has 1 aliphatic heterocycles. The average Bonchev–Trinajstić information content (AvgIpc) is 3.64. The van der Waals surface area contributed by atoms with Gasteiger partial charge in [-0.05, 0) is 74.3 Å². The molecule has 0 bridgehead atoms. The SMILES string of the molecule is c1ccc(-c2ccc(-c3nc(-c4ccc(-c5ccc(-c6ccccc6)nc5)cc4)nc(-c4ccc5c(c4)-c4ccccc4C54c5ccccc5Sc5ccccc54)n3)cc2)cc1. The van der Waals surface area contributed by atoms with Crippen molar-refractivity contribution in [3.63, 3.8) is 0 Å². The highest BCUT2D eigenvalue weighted by Crippen LogP contribution is 2.62. The Morgan fingerprint density at radius 3 is 1.34 bits per heavy atom. The van der Waals surface area contributed by atoms with Gasteiger partial charge in [0, 0.05) is 43.8 Å². The first kappa shape index (κ1) is 36.1. The van der Waals surface area contributed by atoms with Crippen molar-refractivity contribution in [1.29, 1.82) is 0 Å². The van der Waals surface area contributed by atoms with E-state index >= 15 is 0 Å². The van der Waals surface area contributed by atoms with Crippen molar-refractivity contribution < 1.29 is 0 Å². The third kappa shape index (κ3) is 5.93. The summed E-state index contributed by atoms with van der Waals surface area (Å²) >= 11 is 1.86. The Labute approximate surface area is 364 Å². The number of rotatable bonds is 6. The van der Waals surface area contributed by atoms with Crippen LogP contribution < -0.4 is 0 Å². The van der Waals surface area contributed by atoms with Gasteiger partial charge in [-0.3, -0.25) is 4.98 Å². The molecule has 290 valence electrons. The molecule has 5 heteroatoms. The van der Waals surface area contributed by atoms with Gasteiger partial charge in [0.15, 0.2) is 17.5 Å². The van der Waals surface area contributed by atoms with Crippen LogP contribution in [0.5, 0.6) is 0 Å². The number of hydrogen-bond donors (Lipinski definition) is 0. The Bertz CT molecular complexity index is 3250. The molecule has 0 saturated heterocycles. The maximum Gasteiger partial charge on any atom is 0.164 e. The van der Waals surface area contributed by atoms with Crippen LogP contribution in [0.4, 0.5) is 0 Å². The standard InChI is InChI=1S/C57H36N4S/c1-3-13-37(14-4-1)38-23-27-41(28-24-38)54-59-55(42-29-25-39(26-30-42)44-32-34-51(58-36-44)40-15-5-2-6-16-40)61-56(60-54)43-31-33-48-46(35-43)45-17-7-8-18-47(45)57(48)49-19-9-11-21-52(49)62-53-22-12-10-20-50(53)57/h1-36H. The summed E-state index contributed by atoms with van der Waals surface area (Å²) in [4.78, 5) is 22.9. The summed E-state index contributed by atoms with van der Waals surface area (Å²) < 4.78 is 0. The van der Waals surface area contributed by atoms with E-state index in [0.29, 0.717) is 17.5 Å². The van der Waals surface area contributed by atoms with E-state index in [-0.39, 0.29) is 0 Å². The van der Waals surface area contributed by atoms with Crippen LogP contribution in [0.1, 0.15) is 22.3 Å². The lowest BCUT2D eigenvalue weighted by atomic mass is 9.67. The highest BCUT2D eigenvalue weighted by molar-refractivity contribution is 7.99. The van der Waals surface area contributed by atoms with Gasteiger partial charge in [-0.25, -0.2) is 15.0 Å². The summed E-state index contributed by atoms with van der Waals surface area (Å²) in [5.74, 6) is 1.87. The van der Waals surface area contributed by atoms with Crippen molar-refractivity contribution in [2.75, 3.05) is 0 Å². The minimum atomic E-state index is -0.446. The van der Waals surface area contributed by atoms with Crippen LogP contribution in [-0.2, 0) is 5.41 Å². The van der Waals surface area contributed by atoms with Crippen molar-refractivity contribution in [3.8, 4) is 78.8 Å². The van der Waals surface area contributed by atoms with E-state index < -0.39 is 5.41 Å². The minimum absolute atomic E-state index is 0.446. The molecule has 0 N–H and O–H groups in total. The maximum atomic E-state index is 5.23. The summed E-state index contributed by atoms with van der Waals surface area (Å²) in [5.41, 5.74) is 16.4. The molecule has 2 aromatic heterocycles. The molecule has 4 nitrogen and oxygen atoms in total. The zero-order valence-electron chi connectivity index (χ0n) is 33.5. The molecule has 8 aromatic carbocycles. The zero-order valence-corrected chi connectivity index (χ0v) is 34.3. The van der Waals surface area contributed by atoms with Crippen molar-refractivity contribution in [2.45, 2.75) is 15.2 Å². The summed E-state index contributed by atoms with van der Waals surface area (Å²) in [6.45, 7) is 0. The molecule has 12 rings (SSSR count). The van der Waals surface area contributed by atoms with Crippen molar-refractivity contribution in [1.82, 2.24) is 19.9 Å². The summed E-state index contributed by atoms with van der Waals surface area (Å²) in [6, 6.07) is 75.4. The third-order valence-electron chi connectivity index (χ3n) is 12.3. The number of fused-ring (bicyclic) bond motifs is 9. The third-order valence-corrected chi connectivity index (χ3v) is 13.5. The van der Waals surface area contributed by atoms with Crippen molar-refractivity contribution in [3.05, 3.63) is 241 Å². The quantitative estimate of drug-likeness (QED) is 0.167. The van der Waals surface area contributed by atoms with E-state index in [4.69, 9.17) is 19.9 Å². The second kappa shape index (κ2) is 14.8. The zero-order chi connectivity index (χ0) is 41.0. The molecular weight excluding hydrogens is 773 g/mol. The van der Waals surface area contributed by atoms with Gasteiger partial charge >= 0.3 is 0 Å². The van der Waals surface area contributed by atoms with E-state index in [2.05, 4.69) is 188 Å². The smallest absolute Gasteiger partial charge is 0.164 e. The molecule has 0 saturated carbocycles. The van der Waals surface area contributed by atoms with Gasteiger partial charge in [-0.15, -0.1) is 0 Å². The van der Waals surface area contributed by atoms with Gasteiger partial charge in [0.2, 0.25) is 0 Å². The van der Waals surface area contributed by atoms with Crippen LogP contribution in [0.25, 0.3) is 78.8 Å². The molecule has 0 unspecified atom stereocenters. The highest BCUT2D eigenvalue weighted by atomic mass is 32.2. The maximum absolute atomic E-state index is 5.23. The predicted molar refractivity (Wildman–Crippen MR) is 252 cm³/mol. The summed E-state index contributed by atoms with van der Waals surface area (Å²) in [7, 11) is 0. The lowest BCUT2D eigenvalue weighted by Gasteiger charge is -2.39. The van der Waals surface area contributed by atoms with E-state index in [1.165, 1.54) is 48.7 Å². The topological polar surface area (TPSA) is 51.6 Å². The fraction of sp³-hybridized carbons (Fsp3) is 0.0175. The van der Waals surface area contributed by atoms with Crippen LogP contribution >= 0.6 is 11.8 Å². The Hall–Kier alpha value is -7.73. The van der Waals surface area contributed by atoms with E-state index in [9.17, 15) is 0 Å². The molecule has 0 atom stereocenters. The number of pyridine rings is 1. The Morgan fingerprint density at radius 2 is 0.742 bits per heavy atom. The molecule has 3 heterocycles. The first-order valence-corrected chi connectivity index (χ1v) is 21.7. The Morgan fingerprint density at radius 1 is 0.306 bits per heavy atom. The number of hydrogen-bond acceptors (Lipinski definition) is 5. The van der Waals surface area contributed by atoms with Gasteiger partial charge in [-0.1, -0.05) is 200 Å². The van der Waals surface area contributed by atoms with E-state index in [1.54, 1.807) is 0 Å². The lowest BCUT2D eigenvalue weighted by Crippen LogP contribution is -2.31. The van der Waals surface area contributed by atoms with Crippen LogP contribution in [0, 0.1) is 0 Å². The Balaban J connectivity index is 0.984. The van der Waals surface area contributed by atoms with Gasteiger partial charge < -0.3 is 0 Å². The Kier molecular flexibility index (Phi) is 8.61. The monoisotopic (exact) mass is 808 g/mol. The molecular formula is C57H36N4S. The first-order chi connectivity index (χ1) is 30.7. The number of benzene rings is 8. The van der Waals surface area contributed by atoms with Gasteiger partial charge in [0.05, 0.1) is 11.1 Å². The second-order valence-corrected chi connectivity index (χ2v) is 16.9. The lowest BCUT2D eigenvalue weighted by molar-refractivity contribution is 0.722. The first-order valence-electron chi connectivity index (χ1n) is 20.9. The van der Waals surface area contributed by atoms with E-state index in [0.717, 1.165) is 44.6 Å². The molecule has 0 amide bonds. The molecule has 2 aliphatic rings. The van der Waals surface area contributed by atoms with Crippen LogP contribution in [0.3, 0.4) is 0 Å². The van der Waals surface area contributed by atoms with Crippen LogP contribution in [0.15, 0.2) is 228 Å². The van der Waals surface area contributed by atoms with Gasteiger partial charge in [-0.2, -0.15) is 0 Å². The average molecular weight is 809 g/mol. The molecule has 62 heavy (non-hydrogen) atoms. The minimum Gasteiger partial charge on any atom is -0.256 e. The van der Waals surface area contributed by atoms with Gasteiger partial charge in [0.1, 0.15) is 0 Å². The molecule has 0 radical (unpaired) electrons. The molecule has 0 fully saturated rings. The normalized spacial score (nSPS) is 12.9. The van der Waals surface area contributed by atoms with Crippen LogP contribution in [0.2, 0.25) is 0 Å². The molecule has 1 spiro atoms. The molecule has 10 aromatic rings. The summed E-state index contributed by atoms with van der Waals surface area (Å²) in [6.07, 6.45) is 1.94. The fourth-order valence-electron chi connectivity index (χ4n) is 9.36. The van der Waals surface area contributed by atoms with Crippen molar-refractivity contribution in [2.24, 2.45) is 0 Å². The van der Waals surface area contributed by atoms with Gasteiger partial charge in [0.25, 0.3) is 0 Å². The number of nitrogens with zero attached hydrogens (tertiary/aromatic N) is 4. The fourth-order valence-corrected chi connectivity index (χ4v) is 10.6. The predicted octanol–water partition coefficient (Wildman–Crippen LogP) is 14.1. The van der Waals surface area contributed by atoms with E-state index in [1.807, 2.05) is 42.2 Å². The number of aromatic nitrogens is 4. The second-order valence-electron chi connectivity index (χ2n) is 15.8. The van der Waals surface area contributed by atoms with Crippen LogP contribution in [-0.4, -0.2) is 19.9 Å². The highest BCUT2D eigenvalue weighted by Gasteiger charge is 2.50. The van der Waals surface area contributed by atoms with Crippen molar-refractivity contribution >= 4 is 11.8 Å². The summed E-state index contributed by atoms with van der Waals surface area (Å²) in [5, 5.41) is 0. The molecule has 1 aliphatic carbocycles.